The van der Waals surface area contributed by atoms with Crippen molar-refractivity contribution in [3.05, 3.63) is 103 Å². The van der Waals surface area contributed by atoms with E-state index in [1.807, 2.05) is 91.0 Å². The highest BCUT2D eigenvalue weighted by Gasteiger charge is 2.14. The molecule has 4 aromatic heterocycles. The van der Waals surface area contributed by atoms with Gasteiger partial charge in [-0.25, -0.2) is 9.97 Å². The second-order valence-electron chi connectivity index (χ2n) is 6.95. The van der Waals surface area contributed by atoms with Crippen molar-refractivity contribution in [3.8, 4) is 51.0 Å². The lowest BCUT2D eigenvalue weighted by Gasteiger charge is -2.11. The largest absolute Gasteiger partial charge is 0.507 e. The maximum absolute atomic E-state index is 11.1. The number of hydrogen-bond donors (Lipinski definition) is 1. The summed E-state index contributed by atoms with van der Waals surface area (Å²) in [5.41, 5.74) is 5.68. The molecule has 148 valence electrons. The minimum absolute atomic E-state index is 0.138. The SMILES string of the molecule is Oc1c(-c2cccc(-c3ccccn3)n2)cccc1-c1cccc(-c2ccccn2)n1. The molecule has 5 rings (SSSR count). The van der Waals surface area contributed by atoms with Crippen molar-refractivity contribution in [3.63, 3.8) is 0 Å². The predicted octanol–water partition coefficient (Wildman–Crippen LogP) is 5.64. The Labute approximate surface area is 179 Å². The van der Waals surface area contributed by atoms with Gasteiger partial charge in [-0.05, 0) is 60.7 Å². The van der Waals surface area contributed by atoms with Gasteiger partial charge in [0.05, 0.1) is 34.2 Å². The highest BCUT2D eigenvalue weighted by molar-refractivity contribution is 5.80. The smallest absolute Gasteiger partial charge is 0.134 e. The lowest BCUT2D eigenvalue weighted by Crippen LogP contribution is -1.93. The van der Waals surface area contributed by atoms with Gasteiger partial charge in [0.25, 0.3) is 0 Å². The van der Waals surface area contributed by atoms with E-state index in [0.29, 0.717) is 22.5 Å². The van der Waals surface area contributed by atoms with Crippen molar-refractivity contribution in [1.82, 2.24) is 19.9 Å². The number of benzene rings is 1. The monoisotopic (exact) mass is 402 g/mol. The fraction of sp³-hybridized carbons (Fsp3) is 0. The van der Waals surface area contributed by atoms with E-state index in [-0.39, 0.29) is 5.75 Å². The topological polar surface area (TPSA) is 71.8 Å². The van der Waals surface area contributed by atoms with Gasteiger partial charge in [0, 0.05) is 23.5 Å². The Hall–Kier alpha value is -4.38. The first-order valence-corrected chi connectivity index (χ1v) is 9.89. The van der Waals surface area contributed by atoms with E-state index in [1.165, 1.54) is 0 Å². The first-order chi connectivity index (χ1) is 15.3. The number of rotatable bonds is 4. The van der Waals surface area contributed by atoms with Crippen LogP contribution < -0.4 is 0 Å². The van der Waals surface area contributed by atoms with E-state index < -0.39 is 0 Å². The van der Waals surface area contributed by atoms with Crippen LogP contribution in [0.2, 0.25) is 0 Å². The van der Waals surface area contributed by atoms with E-state index in [9.17, 15) is 5.11 Å². The summed E-state index contributed by atoms with van der Waals surface area (Å²) in [6.07, 6.45) is 3.48. The third-order valence-corrected chi connectivity index (χ3v) is 4.94. The summed E-state index contributed by atoms with van der Waals surface area (Å²) in [4.78, 5) is 18.2. The highest BCUT2D eigenvalue weighted by atomic mass is 16.3. The molecule has 0 bridgehead atoms. The van der Waals surface area contributed by atoms with Crippen LogP contribution in [0.5, 0.6) is 5.75 Å². The Balaban J connectivity index is 1.57. The van der Waals surface area contributed by atoms with Crippen molar-refractivity contribution >= 4 is 0 Å². The van der Waals surface area contributed by atoms with Gasteiger partial charge in [0.1, 0.15) is 5.75 Å². The lowest BCUT2D eigenvalue weighted by molar-refractivity contribution is 0.479. The first kappa shape index (κ1) is 18.6. The summed E-state index contributed by atoms with van der Waals surface area (Å²) >= 11 is 0. The molecule has 0 saturated heterocycles. The number of phenolic OH excluding ortho intramolecular Hbond substituents is 1. The summed E-state index contributed by atoms with van der Waals surface area (Å²) < 4.78 is 0. The van der Waals surface area contributed by atoms with E-state index >= 15 is 0 Å². The molecule has 0 amide bonds. The lowest BCUT2D eigenvalue weighted by atomic mass is 10.0. The zero-order valence-electron chi connectivity index (χ0n) is 16.6. The van der Waals surface area contributed by atoms with Crippen LogP contribution in [0.25, 0.3) is 45.3 Å². The van der Waals surface area contributed by atoms with Crippen LogP contribution in [-0.2, 0) is 0 Å². The maximum Gasteiger partial charge on any atom is 0.134 e. The fourth-order valence-corrected chi connectivity index (χ4v) is 3.44. The maximum atomic E-state index is 11.1. The van der Waals surface area contributed by atoms with E-state index in [0.717, 1.165) is 22.8 Å². The molecule has 0 aliphatic rings. The zero-order valence-corrected chi connectivity index (χ0v) is 16.6. The Morgan fingerprint density at radius 3 is 1.29 bits per heavy atom. The number of aromatic nitrogens is 4. The van der Waals surface area contributed by atoms with Gasteiger partial charge in [-0.15, -0.1) is 0 Å². The molecule has 5 nitrogen and oxygen atoms in total. The summed E-state index contributed by atoms with van der Waals surface area (Å²) in [5.74, 6) is 0.138. The summed E-state index contributed by atoms with van der Waals surface area (Å²) in [5, 5.41) is 11.1. The van der Waals surface area contributed by atoms with E-state index in [2.05, 4.69) is 9.97 Å². The molecule has 1 N–H and O–H groups in total. The van der Waals surface area contributed by atoms with Gasteiger partial charge in [-0.2, -0.15) is 0 Å². The molecule has 0 spiro atoms. The molecule has 0 saturated carbocycles. The molecule has 0 radical (unpaired) electrons. The van der Waals surface area contributed by atoms with Crippen LogP contribution in [-0.4, -0.2) is 25.0 Å². The summed E-state index contributed by atoms with van der Waals surface area (Å²) in [7, 11) is 0. The molecule has 0 atom stereocenters. The van der Waals surface area contributed by atoms with Crippen molar-refractivity contribution in [2.24, 2.45) is 0 Å². The Morgan fingerprint density at radius 2 is 0.839 bits per heavy atom. The molecule has 31 heavy (non-hydrogen) atoms. The normalized spacial score (nSPS) is 10.7. The van der Waals surface area contributed by atoms with E-state index in [4.69, 9.17) is 9.97 Å². The minimum atomic E-state index is 0.138. The second kappa shape index (κ2) is 8.16. The van der Waals surface area contributed by atoms with Crippen molar-refractivity contribution in [2.45, 2.75) is 0 Å². The van der Waals surface area contributed by atoms with E-state index in [1.54, 1.807) is 12.4 Å². The molecule has 0 aliphatic carbocycles. The molecule has 0 aliphatic heterocycles. The number of hydrogen-bond acceptors (Lipinski definition) is 5. The molecular weight excluding hydrogens is 384 g/mol. The quantitative estimate of drug-likeness (QED) is 0.421. The van der Waals surface area contributed by atoms with Crippen molar-refractivity contribution in [1.29, 1.82) is 0 Å². The number of phenols is 1. The average molecular weight is 402 g/mol. The van der Waals surface area contributed by atoms with Crippen molar-refractivity contribution in [2.75, 3.05) is 0 Å². The second-order valence-corrected chi connectivity index (χ2v) is 6.95. The van der Waals surface area contributed by atoms with Gasteiger partial charge in [0.15, 0.2) is 0 Å². The van der Waals surface area contributed by atoms with Crippen LogP contribution in [0.1, 0.15) is 0 Å². The van der Waals surface area contributed by atoms with Crippen LogP contribution in [0.4, 0.5) is 0 Å². The van der Waals surface area contributed by atoms with Gasteiger partial charge in [-0.3, -0.25) is 9.97 Å². The number of pyridine rings is 4. The van der Waals surface area contributed by atoms with Crippen LogP contribution in [0.15, 0.2) is 103 Å². The van der Waals surface area contributed by atoms with Gasteiger partial charge < -0.3 is 5.11 Å². The molecule has 0 fully saturated rings. The van der Waals surface area contributed by atoms with Crippen LogP contribution in [0.3, 0.4) is 0 Å². The zero-order chi connectivity index (χ0) is 21.0. The first-order valence-electron chi connectivity index (χ1n) is 9.89. The average Bonchev–Trinajstić information content (AvgIpc) is 2.85. The third-order valence-electron chi connectivity index (χ3n) is 4.94. The molecular formula is C26H18N4O. The molecule has 5 heteroatoms. The van der Waals surface area contributed by atoms with Gasteiger partial charge in [-0.1, -0.05) is 30.3 Å². The van der Waals surface area contributed by atoms with Crippen molar-refractivity contribution < 1.29 is 5.11 Å². The minimum Gasteiger partial charge on any atom is -0.507 e. The van der Waals surface area contributed by atoms with Gasteiger partial charge in [0.2, 0.25) is 0 Å². The summed E-state index contributed by atoms with van der Waals surface area (Å²) in [6, 6.07) is 28.4. The summed E-state index contributed by atoms with van der Waals surface area (Å²) in [6.45, 7) is 0. The van der Waals surface area contributed by atoms with Crippen LogP contribution >= 0.6 is 0 Å². The molecule has 5 aromatic rings. The molecule has 0 unspecified atom stereocenters. The predicted molar refractivity (Wildman–Crippen MR) is 121 cm³/mol. The molecule has 1 aromatic carbocycles. The Kier molecular flexibility index (Phi) is 4.91. The number of para-hydroxylation sites is 1. The standard InChI is InChI=1S/C26H18N4O/c31-26-18(20-12-6-14-24(29-20)22-10-1-3-16-27-22)8-5-9-19(26)21-13-7-15-25(30-21)23-11-2-4-17-28-23/h1-17,31H. The Morgan fingerprint density at radius 1 is 0.419 bits per heavy atom. The molecule has 4 heterocycles. The third kappa shape index (κ3) is 3.76. The fourth-order valence-electron chi connectivity index (χ4n) is 3.44. The number of nitrogens with zero attached hydrogens (tertiary/aromatic N) is 4. The van der Waals surface area contributed by atoms with Gasteiger partial charge >= 0.3 is 0 Å². The number of aromatic hydroxyl groups is 1. The van der Waals surface area contributed by atoms with Crippen LogP contribution in [0, 0.1) is 0 Å². The highest BCUT2D eigenvalue weighted by Crippen LogP contribution is 2.37. The Bertz CT molecular complexity index is 1240.